The number of nitrogens with one attached hydrogen (secondary N) is 2. The molecule has 0 saturated carbocycles. The second kappa shape index (κ2) is 10.2. The van der Waals surface area contributed by atoms with E-state index in [4.69, 9.17) is 4.99 Å². The summed E-state index contributed by atoms with van der Waals surface area (Å²) < 4.78 is 5.01. The van der Waals surface area contributed by atoms with E-state index < -0.39 is 0 Å². The third-order valence-electron chi connectivity index (χ3n) is 8.68. The zero-order valence-corrected chi connectivity index (χ0v) is 24.6. The average molecular weight is 585 g/mol. The molecule has 4 nitrogen and oxygen atoms in total. The molecule has 0 spiro atoms. The van der Waals surface area contributed by atoms with Crippen LogP contribution in [0.4, 0.5) is 0 Å². The van der Waals surface area contributed by atoms with Gasteiger partial charge in [-0.15, -0.1) is 11.3 Å². The molecule has 9 rings (SSSR count). The van der Waals surface area contributed by atoms with Crippen molar-refractivity contribution in [2.75, 3.05) is 0 Å². The van der Waals surface area contributed by atoms with Crippen molar-refractivity contribution < 1.29 is 0 Å². The number of amidine groups is 1. The Labute approximate surface area is 258 Å². The van der Waals surface area contributed by atoms with Crippen molar-refractivity contribution in [2.24, 2.45) is 4.99 Å². The molecule has 6 aromatic carbocycles. The Morgan fingerprint density at radius 3 is 2.07 bits per heavy atom. The van der Waals surface area contributed by atoms with Gasteiger partial charge in [-0.1, -0.05) is 115 Å². The smallest absolute Gasteiger partial charge is 0.184 e. The summed E-state index contributed by atoms with van der Waals surface area (Å²) in [7, 11) is 0. The highest BCUT2D eigenvalue weighted by molar-refractivity contribution is 7.25. The Bertz CT molecular complexity index is 2350. The van der Waals surface area contributed by atoms with Crippen LogP contribution in [0.15, 0.2) is 151 Å². The van der Waals surface area contributed by atoms with Crippen LogP contribution in [0.3, 0.4) is 0 Å². The van der Waals surface area contributed by atoms with Gasteiger partial charge < -0.3 is 9.88 Å². The molecular weight excluding hydrogens is 557 g/mol. The van der Waals surface area contributed by atoms with Gasteiger partial charge in [0.25, 0.3) is 0 Å². The number of hydrogen-bond donors (Lipinski definition) is 2. The molecule has 0 aliphatic carbocycles. The maximum absolute atomic E-state index is 5.34. The fourth-order valence-electron chi connectivity index (χ4n) is 6.60. The highest BCUT2D eigenvalue weighted by atomic mass is 32.1. The van der Waals surface area contributed by atoms with E-state index >= 15 is 0 Å². The Morgan fingerprint density at radius 2 is 1.23 bits per heavy atom. The van der Waals surface area contributed by atoms with Gasteiger partial charge >= 0.3 is 0 Å². The Balaban J connectivity index is 1.25. The number of para-hydroxylation sites is 1. The summed E-state index contributed by atoms with van der Waals surface area (Å²) in [4.78, 5) is 5.34. The molecule has 2 unspecified atom stereocenters. The Morgan fingerprint density at radius 1 is 0.523 bits per heavy atom. The van der Waals surface area contributed by atoms with E-state index in [2.05, 4.69) is 155 Å². The first kappa shape index (κ1) is 25.3. The lowest BCUT2D eigenvalue weighted by atomic mass is 10.0. The van der Waals surface area contributed by atoms with E-state index in [1.807, 2.05) is 17.4 Å². The minimum absolute atomic E-state index is 0.154. The van der Waals surface area contributed by atoms with Crippen LogP contribution < -0.4 is 10.6 Å². The molecule has 0 amide bonds. The minimum Gasteiger partial charge on any atom is -0.350 e. The van der Waals surface area contributed by atoms with Crippen molar-refractivity contribution in [3.63, 3.8) is 0 Å². The van der Waals surface area contributed by atoms with E-state index in [0.29, 0.717) is 0 Å². The predicted molar refractivity (Wildman–Crippen MR) is 185 cm³/mol. The normalized spacial score (nSPS) is 16.9. The molecule has 5 heteroatoms. The number of aromatic nitrogens is 1. The second-order valence-corrected chi connectivity index (χ2v) is 12.4. The van der Waals surface area contributed by atoms with Crippen LogP contribution in [-0.2, 0) is 0 Å². The molecule has 0 fully saturated rings. The van der Waals surface area contributed by atoms with E-state index in [-0.39, 0.29) is 12.5 Å². The van der Waals surface area contributed by atoms with Crippen molar-refractivity contribution in [3.8, 4) is 11.1 Å². The zero-order chi connectivity index (χ0) is 29.0. The first-order chi connectivity index (χ1) is 21.8. The summed E-state index contributed by atoms with van der Waals surface area (Å²) in [5.74, 6) is 0.873. The molecule has 2 aromatic heterocycles. The standard InChI is InChI=1S/C39H28N4S/c1-3-12-25(13-4-1)27-16-11-17-28(22-27)38-40-37(26-14-5-2-6-15-26)41-39(42-38)43-33-20-9-7-18-29(33)31-24-36-32(23-34(31)43)30-19-8-10-21-35(30)44-36/h1-24,38-39,42H,(H,40,41). The fraction of sp³-hybridized carbons (Fsp3) is 0.0513. The van der Waals surface area contributed by atoms with Crippen LogP contribution in [-0.4, -0.2) is 10.4 Å². The molecule has 1 aliphatic heterocycles. The van der Waals surface area contributed by atoms with Gasteiger partial charge in [-0.25, -0.2) is 4.99 Å². The molecule has 1 aliphatic rings. The summed E-state index contributed by atoms with van der Waals surface area (Å²) in [6.45, 7) is 0. The highest BCUT2D eigenvalue weighted by Crippen LogP contribution is 2.41. The van der Waals surface area contributed by atoms with E-state index in [0.717, 1.165) is 22.5 Å². The van der Waals surface area contributed by atoms with Crippen LogP contribution in [0.5, 0.6) is 0 Å². The molecule has 0 radical (unpaired) electrons. The number of benzene rings is 6. The third kappa shape index (κ3) is 4.13. The van der Waals surface area contributed by atoms with Gasteiger partial charge in [-0.2, -0.15) is 0 Å². The first-order valence-electron chi connectivity index (χ1n) is 15.0. The third-order valence-corrected chi connectivity index (χ3v) is 9.81. The molecule has 2 N–H and O–H groups in total. The van der Waals surface area contributed by atoms with Gasteiger partial charge in [0.15, 0.2) is 6.29 Å². The van der Waals surface area contributed by atoms with Gasteiger partial charge in [-0.05, 0) is 47.0 Å². The lowest BCUT2D eigenvalue weighted by Crippen LogP contribution is -2.46. The number of aliphatic imine (C=N–C) groups is 1. The summed E-state index contributed by atoms with van der Waals surface area (Å²) in [6.07, 6.45) is -0.486. The van der Waals surface area contributed by atoms with E-state index in [9.17, 15) is 0 Å². The van der Waals surface area contributed by atoms with Gasteiger partial charge in [0.2, 0.25) is 0 Å². The van der Waals surface area contributed by atoms with Gasteiger partial charge in [0, 0.05) is 36.5 Å². The van der Waals surface area contributed by atoms with Crippen LogP contribution in [0.25, 0.3) is 53.1 Å². The molecule has 210 valence electrons. The second-order valence-electron chi connectivity index (χ2n) is 11.3. The van der Waals surface area contributed by atoms with Crippen molar-refractivity contribution in [3.05, 3.63) is 157 Å². The van der Waals surface area contributed by atoms with Crippen molar-refractivity contribution in [2.45, 2.75) is 12.5 Å². The topological polar surface area (TPSA) is 41.4 Å². The molecule has 0 saturated heterocycles. The maximum Gasteiger partial charge on any atom is 0.184 e. The lowest BCUT2D eigenvalue weighted by molar-refractivity contribution is 0.341. The minimum atomic E-state index is -0.332. The average Bonchev–Trinajstić information content (AvgIpc) is 3.63. The SMILES string of the molecule is c1ccc(C2=NC(n3c4ccccc4c4cc5sc6ccccc6c5cc43)NC(c3cccc(-c4ccccc4)c3)N2)cc1. The molecule has 2 atom stereocenters. The quantitative estimate of drug-likeness (QED) is 0.216. The van der Waals surface area contributed by atoms with Crippen molar-refractivity contribution in [1.29, 1.82) is 0 Å². The molecule has 8 aromatic rings. The van der Waals surface area contributed by atoms with Crippen LogP contribution in [0.2, 0.25) is 0 Å². The summed E-state index contributed by atoms with van der Waals surface area (Å²) in [5.41, 5.74) is 6.96. The Hall–Kier alpha value is -5.23. The summed E-state index contributed by atoms with van der Waals surface area (Å²) in [5, 5.41) is 12.7. The van der Waals surface area contributed by atoms with Gasteiger partial charge in [0.05, 0.1) is 11.0 Å². The van der Waals surface area contributed by atoms with Crippen molar-refractivity contribution in [1.82, 2.24) is 15.2 Å². The van der Waals surface area contributed by atoms with E-state index in [1.165, 1.54) is 47.6 Å². The maximum atomic E-state index is 5.34. The number of hydrogen-bond acceptors (Lipinski definition) is 4. The summed E-state index contributed by atoms with van der Waals surface area (Å²) in [6, 6.07) is 51.9. The first-order valence-corrected chi connectivity index (χ1v) is 15.8. The highest BCUT2D eigenvalue weighted by Gasteiger charge is 2.28. The predicted octanol–water partition coefficient (Wildman–Crippen LogP) is 9.62. The molecular formula is C39H28N4S. The van der Waals surface area contributed by atoms with Crippen LogP contribution >= 0.6 is 11.3 Å². The Kier molecular flexibility index (Phi) is 5.86. The largest absolute Gasteiger partial charge is 0.350 e. The van der Waals surface area contributed by atoms with Crippen LogP contribution in [0, 0.1) is 0 Å². The van der Waals surface area contributed by atoms with Crippen LogP contribution in [0.1, 0.15) is 23.6 Å². The number of nitrogens with zero attached hydrogens (tertiary/aromatic N) is 2. The molecule has 44 heavy (non-hydrogen) atoms. The number of fused-ring (bicyclic) bond motifs is 6. The van der Waals surface area contributed by atoms with Gasteiger partial charge in [-0.3, -0.25) is 5.32 Å². The zero-order valence-electron chi connectivity index (χ0n) is 23.8. The lowest BCUT2D eigenvalue weighted by Gasteiger charge is -2.33. The van der Waals surface area contributed by atoms with Crippen molar-refractivity contribution >= 4 is 59.2 Å². The molecule has 3 heterocycles. The van der Waals surface area contributed by atoms with E-state index in [1.54, 1.807) is 0 Å². The number of rotatable bonds is 4. The number of thiophene rings is 1. The summed E-state index contributed by atoms with van der Waals surface area (Å²) >= 11 is 1.86. The fourth-order valence-corrected chi connectivity index (χ4v) is 7.73. The van der Waals surface area contributed by atoms with Gasteiger partial charge in [0.1, 0.15) is 12.0 Å². The monoisotopic (exact) mass is 584 g/mol. The molecule has 0 bridgehead atoms.